The first-order chi connectivity index (χ1) is 9.27. The first-order valence-corrected chi connectivity index (χ1v) is 7.78. The van der Waals surface area contributed by atoms with Crippen LogP contribution in [0.2, 0.25) is 0 Å². The number of hydrogen-bond acceptors (Lipinski definition) is 5. The summed E-state index contributed by atoms with van der Waals surface area (Å²) in [4.78, 5) is 11.1. The Hall–Kier alpha value is -1.80. The minimum atomic E-state index is -3.81. The molecular formula is C12H18N4O3S. The summed E-state index contributed by atoms with van der Waals surface area (Å²) < 4.78 is 23.0. The fraction of sp³-hybridized carbons (Fsp3) is 0.417. The predicted molar refractivity (Wildman–Crippen MR) is 76.6 cm³/mol. The number of amides is 1. The van der Waals surface area contributed by atoms with Gasteiger partial charge in [-0.2, -0.15) is 0 Å². The summed E-state index contributed by atoms with van der Waals surface area (Å²) >= 11 is 0. The fourth-order valence-corrected chi connectivity index (χ4v) is 3.09. The molecule has 6 N–H and O–H groups in total. The molecule has 1 atom stereocenters. The van der Waals surface area contributed by atoms with E-state index in [1.807, 2.05) is 0 Å². The van der Waals surface area contributed by atoms with Crippen molar-refractivity contribution in [1.82, 2.24) is 5.32 Å². The molecular weight excluding hydrogens is 280 g/mol. The second kappa shape index (κ2) is 5.29. The Morgan fingerprint density at radius 1 is 1.45 bits per heavy atom. The number of sulfonamides is 1. The van der Waals surface area contributed by atoms with E-state index >= 15 is 0 Å². The number of benzene rings is 1. The first kappa shape index (κ1) is 14.6. The van der Waals surface area contributed by atoms with Crippen molar-refractivity contribution in [1.29, 1.82) is 0 Å². The van der Waals surface area contributed by atoms with Crippen molar-refractivity contribution in [3.8, 4) is 0 Å². The van der Waals surface area contributed by atoms with Gasteiger partial charge >= 0.3 is 0 Å². The minimum Gasteiger partial charge on any atom is -0.399 e. The van der Waals surface area contributed by atoms with E-state index in [1.54, 1.807) is 13.0 Å². The van der Waals surface area contributed by atoms with Gasteiger partial charge in [0.15, 0.2) is 0 Å². The SMILES string of the molecule is Cc1c(NCC2CCC(=O)N2)cc(N)cc1S(N)(=O)=O. The molecule has 1 fully saturated rings. The van der Waals surface area contributed by atoms with Crippen molar-refractivity contribution < 1.29 is 13.2 Å². The molecule has 20 heavy (non-hydrogen) atoms. The van der Waals surface area contributed by atoms with Gasteiger partial charge in [-0.15, -0.1) is 0 Å². The van der Waals surface area contributed by atoms with Crippen LogP contribution < -0.4 is 21.5 Å². The van der Waals surface area contributed by atoms with Crippen LogP contribution in [0.3, 0.4) is 0 Å². The average molecular weight is 298 g/mol. The van der Waals surface area contributed by atoms with E-state index in [-0.39, 0.29) is 16.8 Å². The molecule has 1 aliphatic heterocycles. The number of nitrogen functional groups attached to an aromatic ring is 1. The van der Waals surface area contributed by atoms with Crippen molar-refractivity contribution in [2.24, 2.45) is 5.14 Å². The van der Waals surface area contributed by atoms with Gasteiger partial charge in [-0.05, 0) is 31.0 Å². The third kappa shape index (κ3) is 3.20. The maximum Gasteiger partial charge on any atom is 0.238 e. The lowest BCUT2D eigenvalue weighted by molar-refractivity contribution is -0.119. The Balaban J connectivity index is 2.20. The molecule has 1 aromatic carbocycles. The number of anilines is 2. The van der Waals surface area contributed by atoms with Gasteiger partial charge in [0.25, 0.3) is 0 Å². The molecule has 7 nitrogen and oxygen atoms in total. The number of nitrogens with two attached hydrogens (primary N) is 2. The fourth-order valence-electron chi connectivity index (χ4n) is 2.25. The van der Waals surface area contributed by atoms with Crippen LogP contribution in [0, 0.1) is 6.92 Å². The molecule has 0 radical (unpaired) electrons. The van der Waals surface area contributed by atoms with Crippen LogP contribution >= 0.6 is 0 Å². The van der Waals surface area contributed by atoms with E-state index < -0.39 is 10.0 Å². The summed E-state index contributed by atoms with van der Waals surface area (Å²) in [7, 11) is -3.81. The van der Waals surface area contributed by atoms with Gasteiger partial charge in [0, 0.05) is 30.4 Å². The van der Waals surface area contributed by atoms with Gasteiger partial charge < -0.3 is 16.4 Å². The predicted octanol–water partition coefficient (Wildman–Crippen LogP) is -0.0849. The maximum atomic E-state index is 11.5. The van der Waals surface area contributed by atoms with Crippen molar-refractivity contribution >= 4 is 27.3 Å². The highest BCUT2D eigenvalue weighted by molar-refractivity contribution is 7.89. The number of carbonyl (C=O) groups excluding carboxylic acids is 1. The Morgan fingerprint density at radius 2 is 2.15 bits per heavy atom. The van der Waals surface area contributed by atoms with Gasteiger partial charge in [0.2, 0.25) is 15.9 Å². The molecule has 1 amide bonds. The normalized spacial score (nSPS) is 18.9. The van der Waals surface area contributed by atoms with Crippen LogP contribution in [-0.4, -0.2) is 26.9 Å². The van der Waals surface area contributed by atoms with E-state index in [0.29, 0.717) is 29.9 Å². The highest BCUT2D eigenvalue weighted by Gasteiger charge is 2.21. The average Bonchev–Trinajstić information content (AvgIpc) is 2.74. The Morgan fingerprint density at radius 3 is 2.70 bits per heavy atom. The summed E-state index contributed by atoms with van der Waals surface area (Å²) in [6.45, 7) is 2.18. The van der Waals surface area contributed by atoms with Crippen molar-refractivity contribution in [3.05, 3.63) is 17.7 Å². The van der Waals surface area contributed by atoms with Crippen LogP contribution in [0.15, 0.2) is 17.0 Å². The van der Waals surface area contributed by atoms with Crippen molar-refractivity contribution in [3.63, 3.8) is 0 Å². The lowest BCUT2D eigenvalue weighted by Gasteiger charge is -2.16. The molecule has 1 saturated heterocycles. The molecule has 1 heterocycles. The quantitative estimate of drug-likeness (QED) is 0.578. The third-order valence-corrected chi connectivity index (χ3v) is 4.35. The first-order valence-electron chi connectivity index (χ1n) is 6.23. The number of hydrogen-bond donors (Lipinski definition) is 4. The topological polar surface area (TPSA) is 127 Å². The van der Waals surface area contributed by atoms with Crippen LogP contribution in [-0.2, 0) is 14.8 Å². The van der Waals surface area contributed by atoms with Gasteiger partial charge in [-0.3, -0.25) is 4.79 Å². The second-order valence-electron chi connectivity index (χ2n) is 4.92. The molecule has 8 heteroatoms. The smallest absolute Gasteiger partial charge is 0.238 e. The summed E-state index contributed by atoms with van der Waals surface area (Å²) in [5.41, 5.74) is 7.14. The summed E-state index contributed by atoms with van der Waals surface area (Å²) in [5, 5.41) is 11.1. The van der Waals surface area contributed by atoms with E-state index in [4.69, 9.17) is 10.9 Å². The molecule has 1 aliphatic rings. The molecule has 1 aromatic rings. The molecule has 0 aromatic heterocycles. The zero-order chi connectivity index (χ0) is 14.9. The highest BCUT2D eigenvalue weighted by Crippen LogP contribution is 2.26. The summed E-state index contributed by atoms with van der Waals surface area (Å²) in [6, 6.07) is 3.04. The standard InChI is InChI=1S/C12H18N4O3S/c1-7-10(15-6-9-2-3-12(17)16-9)4-8(13)5-11(7)20(14,18)19/h4-5,9,15H,2-3,6,13H2,1H3,(H,16,17)(H2,14,18,19). The van der Waals surface area contributed by atoms with Crippen LogP contribution in [0.4, 0.5) is 11.4 Å². The highest BCUT2D eigenvalue weighted by atomic mass is 32.2. The largest absolute Gasteiger partial charge is 0.399 e. The molecule has 2 rings (SSSR count). The molecule has 1 unspecified atom stereocenters. The van der Waals surface area contributed by atoms with Crippen molar-refractivity contribution in [2.45, 2.75) is 30.7 Å². The van der Waals surface area contributed by atoms with Gasteiger partial charge in [-0.1, -0.05) is 0 Å². The maximum absolute atomic E-state index is 11.5. The lowest BCUT2D eigenvalue weighted by atomic mass is 10.1. The second-order valence-corrected chi connectivity index (χ2v) is 6.45. The van der Waals surface area contributed by atoms with Crippen molar-refractivity contribution in [2.75, 3.05) is 17.6 Å². The molecule has 0 bridgehead atoms. The van der Waals surface area contributed by atoms with E-state index in [9.17, 15) is 13.2 Å². The van der Waals surface area contributed by atoms with Crippen LogP contribution in [0.5, 0.6) is 0 Å². The zero-order valence-corrected chi connectivity index (χ0v) is 12.0. The molecule has 110 valence electrons. The van der Waals surface area contributed by atoms with Gasteiger partial charge in [-0.25, -0.2) is 13.6 Å². The van der Waals surface area contributed by atoms with Gasteiger partial charge in [0.05, 0.1) is 4.90 Å². The number of carbonyl (C=O) groups is 1. The van der Waals surface area contributed by atoms with E-state index in [2.05, 4.69) is 10.6 Å². The summed E-state index contributed by atoms with van der Waals surface area (Å²) in [5.74, 6) is 0.0336. The van der Waals surface area contributed by atoms with Crippen LogP contribution in [0.25, 0.3) is 0 Å². The number of rotatable bonds is 4. The molecule has 0 spiro atoms. The monoisotopic (exact) mass is 298 g/mol. The zero-order valence-electron chi connectivity index (χ0n) is 11.1. The Labute approximate surface area is 117 Å². The third-order valence-electron chi connectivity index (χ3n) is 3.31. The van der Waals surface area contributed by atoms with E-state index in [1.165, 1.54) is 6.07 Å². The number of nitrogens with one attached hydrogen (secondary N) is 2. The summed E-state index contributed by atoms with van der Waals surface area (Å²) in [6.07, 6.45) is 1.28. The Kier molecular flexibility index (Phi) is 3.87. The minimum absolute atomic E-state index is 0.00968. The molecule has 0 saturated carbocycles. The van der Waals surface area contributed by atoms with E-state index in [0.717, 1.165) is 6.42 Å². The Bertz CT molecular complexity index is 642. The van der Waals surface area contributed by atoms with Crippen LogP contribution in [0.1, 0.15) is 18.4 Å². The lowest BCUT2D eigenvalue weighted by Crippen LogP contribution is -2.32. The van der Waals surface area contributed by atoms with Gasteiger partial charge in [0.1, 0.15) is 0 Å². The number of primary sulfonamides is 1. The molecule has 0 aliphatic carbocycles.